The van der Waals surface area contributed by atoms with E-state index >= 15 is 0 Å². The van der Waals surface area contributed by atoms with E-state index in [-0.39, 0.29) is 12.5 Å². The molecule has 2 aromatic carbocycles. The van der Waals surface area contributed by atoms with Gasteiger partial charge in [-0.25, -0.2) is 15.4 Å². The first-order valence-electron chi connectivity index (χ1n) is 9.20. The average Bonchev–Trinajstić information content (AvgIpc) is 2.79. The summed E-state index contributed by atoms with van der Waals surface area (Å²) in [7, 11) is 0. The monoisotopic (exact) mass is 416 g/mol. The summed E-state index contributed by atoms with van der Waals surface area (Å²) in [5.74, 6) is 0.181. The van der Waals surface area contributed by atoms with Gasteiger partial charge >= 0.3 is 0 Å². The lowest BCUT2D eigenvalue weighted by Gasteiger charge is -2.10. The van der Waals surface area contributed by atoms with Crippen molar-refractivity contribution in [2.45, 2.75) is 0 Å². The molecular weight excluding hydrogens is 400 g/mol. The lowest BCUT2D eigenvalue weighted by molar-refractivity contribution is -0.123. The quantitative estimate of drug-likeness (QED) is 0.371. The van der Waals surface area contributed by atoms with Crippen molar-refractivity contribution < 1.29 is 9.53 Å². The smallest absolute Gasteiger partial charge is 0.277 e. The largest absolute Gasteiger partial charge is 0.483 e. The van der Waals surface area contributed by atoms with Gasteiger partial charge in [-0.2, -0.15) is 5.10 Å². The lowest BCUT2D eigenvalue weighted by Crippen LogP contribution is -2.24. The van der Waals surface area contributed by atoms with Crippen LogP contribution in [0.5, 0.6) is 5.75 Å². The Kier molecular flexibility index (Phi) is 5.96. The third kappa shape index (κ3) is 4.79. The number of hydrogen-bond acceptors (Lipinski definition) is 5. The van der Waals surface area contributed by atoms with Gasteiger partial charge in [0.25, 0.3) is 5.91 Å². The number of halogens is 1. The van der Waals surface area contributed by atoms with Crippen molar-refractivity contribution in [1.29, 1.82) is 0 Å². The van der Waals surface area contributed by atoms with E-state index in [9.17, 15) is 4.79 Å². The fourth-order valence-corrected chi connectivity index (χ4v) is 2.94. The Morgan fingerprint density at radius 1 is 1.03 bits per heavy atom. The second-order valence-corrected chi connectivity index (χ2v) is 6.81. The van der Waals surface area contributed by atoms with Gasteiger partial charge in [-0.3, -0.25) is 4.79 Å². The number of nitrogens with one attached hydrogen (secondary N) is 1. The fourth-order valence-electron chi connectivity index (χ4n) is 2.81. The molecule has 4 aromatic rings. The van der Waals surface area contributed by atoms with Crippen molar-refractivity contribution in [2.24, 2.45) is 5.10 Å². The molecule has 7 heteroatoms. The molecule has 0 saturated heterocycles. The Hall–Kier alpha value is -3.77. The molecule has 2 heterocycles. The summed E-state index contributed by atoms with van der Waals surface area (Å²) >= 11 is 5.84. The molecule has 0 aliphatic carbocycles. The summed E-state index contributed by atoms with van der Waals surface area (Å²) in [4.78, 5) is 21.0. The van der Waals surface area contributed by atoms with Crippen molar-refractivity contribution in [3.05, 3.63) is 89.6 Å². The van der Waals surface area contributed by atoms with Crippen molar-refractivity contribution >= 4 is 34.8 Å². The van der Waals surface area contributed by atoms with Crippen molar-refractivity contribution in [1.82, 2.24) is 15.4 Å². The summed E-state index contributed by atoms with van der Waals surface area (Å²) in [6, 6.07) is 22.2. The van der Waals surface area contributed by atoms with Gasteiger partial charge in [-0.05, 0) is 54.1 Å². The Balaban J connectivity index is 1.42. The highest BCUT2D eigenvalue weighted by molar-refractivity contribution is 6.30. The summed E-state index contributed by atoms with van der Waals surface area (Å²) in [6.07, 6.45) is 3.24. The number of aromatic nitrogens is 2. The van der Waals surface area contributed by atoms with Crippen LogP contribution in [0.1, 0.15) is 5.56 Å². The molecule has 0 spiro atoms. The highest BCUT2D eigenvalue weighted by atomic mass is 35.5. The van der Waals surface area contributed by atoms with Crippen LogP contribution < -0.4 is 10.2 Å². The Morgan fingerprint density at radius 3 is 2.73 bits per heavy atom. The number of pyridine rings is 2. The fraction of sp³-hybridized carbons (Fsp3) is 0.0435. The average molecular weight is 417 g/mol. The van der Waals surface area contributed by atoms with E-state index in [4.69, 9.17) is 16.3 Å². The minimum Gasteiger partial charge on any atom is -0.483 e. The van der Waals surface area contributed by atoms with E-state index in [1.165, 1.54) is 6.21 Å². The molecule has 6 nitrogen and oxygen atoms in total. The molecule has 148 valence electrons. The summed E-state index contributed by atoms with van der Waals surface area (Å²) in [5.41, 5.74) is 5.42. The number of carbonyl (C=O) groups excluding carboxylic acids is 1. The molecule has 1 amide bonds. The summed E-state index contributed by atoms with van der Waals surface area (Å²) in [5, 5.41) is 5.52. The highest BCUT2D eigenvalue weighted by Gasteiger charge is 2.10. The molecule has 30 heavy (non-hydrogen) atoms. The van der Waals surface area contributed by atoms with Crippen LogP contribution in [-0.4, -0.2) is 28.7 Å². The van der Waals surface area contributed by atoms with Crippen LogP contribution in [0.4, 0.5) is 0 Å². The molecule has 0 unspecified atom stereocenters. The molecule has 0 radical (unpaired) electrons. The first kappa shape index (κ1) is 19.5. The lowest BCUT2D eigenvalue weighted by atomic mass is 10.1. The maximum Gasteiger partial charge on any atom is 0.277 e. The summed E-state index contributed by atoms with van der Waals surface area (Å²) < 4.78 is 5.72. The number of benzene rings is 2. The van der Waals surface area contributed by atoms with Gasteiger partial charge in [0.2, 0.25) is 0 Å². The van der Waals surface area contributed by atoms with E-state index in [2.05, 4.69) is 20.5 Å². The van der Waals surface area contributed by atoms with Crippen molar-refractivity contribution in [2.75, 3.05) is 6.61 Å². The zero-order valence-electron chi connectivity index (χ0n) is 15.8. The van der Waals surface area contributed by atoms with Crippen molar-refractivity contribution in [3.63, 3.8) is 0 Å². The van der Waals surface area contributed by atoms with Crippen LogP contribution in [0.3, 0.4) is 0 Å². The number of hydrazone groups is 1. The molecule has 0 aliphatic heterocycles. The molecule has 0 fully saturated rings. The second-order valence-electron chi connectivity index (χ2n) is 6.38. The predicted octanol–water partition coefficient (Wildman–Crippen LogP) is 4.48. The highest BCUT2D eigenvalue weighted by Crippen LogP contribution is 2.29. The third-order valence-electron chi connectivity index (χ3n) is 4.26. The van der Waals surface area contributed by atoms with Crippen LogP contribution in [0, 0.1) is 0 Å². The maximum atomic E-state index is 12.1. The Labute approximate surface area is 178 Å². The number of hydrogen-bond donors (Lipinski definition) is 1. The maximum absolute atomic E-state index is 12.1. The van der Waals surface area contributed by atoms with Gasteiger partial charge in [0, 0.05) is 22.2 Å². The third-order valence-corrected chi connectivity index (χ3v) is 4.51. The number of fused-ring (bicyclic) bond motifs is 1. The van der Waals surface area contributed by atoms with E-state index in [1.54, 1.807) is 36.5 Å². The van der Waals surface area contributed by atoms with E-state index in [1.807, 2.05) is 42.5 Å². The molecule has 0 bridgehead atoms. The predicted molar refractivity (Wildman–Crippen MR) is 118 cm³/mol. The molecule has 0 atom stereocenters. The van der Waals surface area contributed by atoms with Crippen LogP contribution in [0.15, 0.2) is 84.1 Å². The SMILES string of the molecule is O=C(COc1ccccc1-c1ccc2cccnc2n1)N/N=C/c1ccc(Cl)cc1. The zero-order chi connectivity index (χ0) is 20.8. The molecule has 0 saturated carbocycles. The van der Waals surface area contributed by atoms with Gasteiger partial charge in [0.1, 0.15) is 5.75 Å². The van der Waals surface area contributed by atoms with Gasteiger partial charge in [0.15, 0.2) is 12.3 Å². The number of para-hydroxylation sites is 1. The van der Waals surface area contributed by atoms with Crippen LogP contribution >= 0.6 is 11.6 Å². The zero-order valence-corrected chi connectivity index (χ0v) is 16.6. The van der Waals surface area contributed by atoms with E-state index < -0.39 is 0 Å². The number of ether oxygens (including phenoxy) is 1. The van der Waals surface area contributed by atoms with Crippen LogP contribution in [0.2, 0.25) is 5.02 Å². The molecule has 4 rings (SSSR count). The first-order chi connectivity index (χ1) is 14.7. The number of rotatable bonds is 6. The summed E-state index contributed by atoms with van der Waals surface area (Å²) in [6.45, 7) is -0.180. The van der Waals surface area contributed by atoms with Gasteiger partial charge in [-0.1, -0.05) is 35.9 Å². The van der Waals surface area contributed by atoms with Gasteiger partial charge in [0.05, 0.1) is 11.9 Å². The Morgan fingerprint density at radius 2 is 1.87 bits per heavy atom. The number of nitrogens with zero attached hydrogens (tertiary/aromatic N) is 3. The standard InChI is InChI=1S/C23H17ClN4O2/c24-18-10-7-16(8-11-18)14-26-28-22(29)15-30-21-6-2-1-5-19(21)20-12-9-17-4-3-13-25-23(17)27-20/h1-14H,15H2,(H,28,29)/b26-14+. The van der Waals surface area contributed by atoms with Crippen molar-refractivity contribution in [3.8, 4) is 17.0 Å². The topological polar surface area (TPSA) is 76.5 Å². The number of amides is 1. The first-order valence-corrected chi connectivity index (χ1v) is 9.58. The number of carbonyl (C=O) groups is 1. The molecule has 2 aromatic heterocycles. The van der Waals surface area contributed by atoms with Crippen LogP contribution in [0.25, 0.3) is 22.3 Å². The normalized spacial score (nSPS) is 11.0. The van der Waals surface area contributed by atoms with E-state index in [0.29, 0.717) is 16.4 Å². The minimum atomic E-state index is -0.372. The minimum absolute atomic E-state index is 0.180. The molecular formula is C23H17ClN4O2. The van der Waals surface area contributed by atoms with E-state index in [0.717, 1.165) is 22.2 Å². The van der Waals surface area contributed by atoms with Crippen LogP contribution in [-0.2, 0) is 4.79 Å². The Bertz CT molecular complexity index is 1210. The van der Waals surface area contributed by atoms with Gasteiger partial charge < -0.3 is 4.74 Å². The second kappa shape index (κ2) is 9.15. The molecule has 1 N–H and O–H groups in total. The van der Waals surface area contributed by atoms with Gasteiger partial charge in [-0.15, -0.1) is 0 Å². The molecule has 0 aliphatic rings.